The minimum absolute atomic E-state index is 0.0524. The van der Waals surface area contributed by atoms with Crippen LogP contribution in [0.15, 0.2) is 50.2 Å². The number of hydrogen-bond donors (Lipinski definition) is 1. The van der Waals surface area contributed by atoms with Gasteiger partial charge in [-0.2, -0.15) is 4.72 Å². The van der Waals surface area contributed by atoms with Gasteiger partial charge in [-0.1, -0.05) is 16.8 Å². The molecule has 0 aliphatic heterocycles. The number of amides is 1. The summed E-state index contributed by atoms with van der Waals surface area (Å²) >= 11 is 5.90. The van der Waals surface area contributed by atoms with Crippen molar-refractivity contribution in [1.29, 1.82) is 0 Å². The van der Waals surface area contributed by atoms with Gasteiger partial charge >= 0.3 is 0 Å². The molecule has 1 amide bonds. The van der Waals surface area contributed by atoms with Crippen molar-refractivity contribution in [3.8, 4) is 11.3 Å². The molecule has 0 aliphatic rings. The summed E-state index contributed by atoms with van der Waals surface area (Å²) < 4.78 is 38.3. The molecule has 2 heterocycles. The number of rotatable bonds is 7. The SMILES string of the molecule is Cc1noc(C)c1S(=O)(=O)N[C@@H](C)C(=O)N(C)Cc1ccc(-c2ccc(Cl)cc2)o1. The number of hydrogen-bond acceptors (Lipinski definition) is 6. The molecule has 3 aromatic rings. The summed E-state index contributed by atoms with van der Waals surface area (Å²) in [6, 6.07) is 9.80. The van der Waals surface area contributed by atoms with Crippen LogP contribution >= 0.6 is 11.6 Å². The number of furan rings is 1. The van der Waals surface area contributed by atoms with Gasteiger partial charge in [0.2, 0.25) is 15.9 Å². The monoisotopic (exact) mass is 451 g/mol. The smallest absolute Gasteiger partial charge is 0.246 e. The molecular weight excluding hydrogens is 430 g/mol. The van der Waals surface area contributed by atoms with Gasteiger partial charge in [-0.05, 0) is 57.2 Å². The van der Waals surface area contributed by atoms with E-state index >= 15 is 0 Å². The molecule has 30 heavy (non-hydrogen) atoms. The van der Waals surface area contributed by atoms with E-state index in [-0.39, 0.29) is 22.9 Å². The summed E-state index contributed by atoms with van der Waals surface area (Å²) in [4.78, 5) is 14.0. The van der Waals surface area contributed by atoms with Crippen molar-refractivity contribution in [2.45, 2.75) is 38.3 Å². The van der Waals surface area contributed by atoms with E-state index in [9.17, 15) is 13.2 Å². The van der Waals surface area contributed by atoms with E-state index in [1.165, 1.54) is 25.7 Å². The van der Waals surface area contributed by atoms with Crippen LogP contribution in [-0.4, -0.2) is 37.5 Å². The first-order chi connectivity index (χ1) is 14.1. The van der Waals surface area contributed by atoms with Crippen molar-refractivity contribution in [3.05, 3.63) is 58.6 Å². The van der Waals surface area contributed by atoms with Gasteiger partial charge in [0, 0.05) is 17.6 Å². The molecule has 1 aromatic carbocycles. The number of carbonyl (C=O) groups excluding carboxylic acids is 1. The van der Waals surface area contributed by atoms with Crippen molar-refractivity contribution in [2.24, 2.45) is 0 Å². The molecule has 2 aromatic heterocycles. The maximum atomic E-state index is 12.7. The molecule has 0 spiro atoms. The third-order valence-corrected chi connectivity index (χ3v) is 6.53. The van der Waals surface area contributed by atoms with E-state index in [1.807, 2.05) is 12.1 Å². The first-order valence-electron chi connectivity index (χ1n) is 9.13. The van der Waals surface area contributed by atoms with Crippen LogP contribution in [0.3, 0.4) is 0 Å². The third-order valence-electron chi connectivity index (χ3n) is 4.50. The molecule has 1 N–H and O–H groups in total. The highest BCUT2D eigenvalue weighted by Gasteiger charge is 2.29. The molecule has 3 rings (SSSR count). The maximum Gasteiger partial charge on any atom is 0.246 e. The number of aryl methyl sites for hydroxylation is 2. The Bertz CT molecular complexity index is 1130. The van der Waals surface area contributed by atoms with Crippen molar-refractivity contribution in [1.82, 2.24) is 14.8 Å². The summed E-state index contributed by atoms with van der Waals surface area (Å²) in [7, 11) is -2.38. The Hall–Kier alpha value is -2.62. The number of carbonyl (C=O) groups is 1. The molecule has 0 unspecified atom stereocenters. The lowest BCUT2D eigenvalue weighted by molar-refractivity contribution is -0.132. The van der Waals surface area contributed by atoms with Crippen LogP contribution in [0.4, 0.5) is 0 Å². The Morgan fingerprint density at radius 1 is 1.20 bits per heavy atom. The second-order valence-corrected chi connectivity index (χ2v) is 9.05. The zero-order valence-corrected chi connectivity index (χ0v) is 18.5. The molecule has 0 bridgehead atoms. The Labute approximate surface area is 179 Å². The van der Waals surface area contributed by atoms with Gasteiger partial charge in [-0.25, -0.2) is 8.42 Å². The highest BCUT2D eigenvalue weighted by atomic mass is 35.5. The van der Waals surface area contributed by atoms with Crippen molar-refractivity contribution in [2.75, 3.05) is 7.05 Å². The molecule has 160 valence electrons. The van der Waals surface area contributed by atoms with Crippen LogP contribution in [0.1, 0.15) is 24.1 Å². The average Bonchev–Trinajstić information content (AvgIpc) is 3.27. The number of likely N-dealkylation sites (N-methyl/N-ethyl adjacent to an activating group) is 1. The van der Waals surface area contributed by atoms with Crippen LogP contribution in [-0.2, 0) is 21.4 Å². The van der Waals surface area contributed by atoms with Gasteiger partial charge in [0.15, 0.2) is 5.76 Å². The zero-order chi connectivity index (χ0) is 22.1. The Kier molecular flexibility index (Phi) is 6.35. The van der Waals surface area contributed by atoms with Gasteiger partial charge in [0.25, 0.3) is 0 Å². The van der Waals surface area contributed by atoms with Crippen LogP contribution in [0.5, 0.6) is 0 Å². The number of nitrogens with one attached hydrogen (secondary N) is 1. The first-order valence-corrected chi connectivity index (χ1v) is 11.0. The Morgan fingerprint density at radius 3 is 2.47 bits per heavy atom. The van der Waals surface area contributed by atoms with Crippen LogP contribution < -0.4 is 4.72 Å². The highest BCUT2D eigenvalue weighted by molar-refractivity contribution is 7.89. The van der Waals surface area contributed by atoms with E-state index in [2.05, 4.69) is 9.88 Å². The average molecular weight is 452 g/mol. The van der Waals surface area contributed by atoms with Gasteiger partial charge < -0.3 is 13.8 Å². The fourth-order valence-electron chi connectivity index (χ4n) is 3.07. The number of aromatic nitrogens is 1. The largest absolute Gasteiger partial charge is 0.459 e. The quantitative estimate of drug-likeness (QED) is 0.589. The maximum absolute atomic E-state index is 12.7. The third kappa shape index (κ3) is 4.75. The molecule has 0 aliphatic carbocycles. The molecule has 0 radical (unpaired) electrons. The molecular formula is C20H22ClN3O5S. The Balaban J connectivity index is 1.66. The summed E-state index contributed by atoms with van der Waals surface area (Å²) in [5.41, 5.74) is 1.10. The van der Waals surface area contributed by atoms with E-state index in [0.717, 1.165) is 5.56 Å². The highest BCUT2D eigenvalue weighted by Crippen LogP contribution is 2.24. The zero-order valence-electron chi connectivity index (χ0n) is 17.0. The first kappa shape index (κ1) is 22.1. The van der Waals surface area contributed by atoms with Gasteiger partial charge in [-0.15, -0.1) is 0 Å². The van der Waals surface area contributed by atoms with Crippen LogP contribution in [0.2, 0.25) is 5.02 Å². The van der Waals surface area contributed by atoms with Crippen LogP contribution in [0, 0.1) is 13.8 Å². The lowest BCUT2D eigenvalue weighted by atomic mass is 10.2. The molecule has 0 saturated carbocycles. The summed E-state index contributed by atoms with van der Waals surface area (Å²) in [5.74, 6) is 0.972. The summed E-state index contributed by atoms with van der Waals surface area (Å²) in [5, 5.41) is 4.28. The molecule has 8 nitrogen and oxygen atoms in total. The van der Waals surface area contributed by atoms with E-state index in [1.54, 1.807) is 31.3 Å². The van der Waals surface area contributed by atoms with Crippen LogP contribution in [0.25, 0.3) is 11.3 Å². The molecule has 0 saturated heterocycles. The predicted molar refractivity (Wildman–Crippen MR) is 111 cm³/mol. The molecule has 1 atom stereocenters. The van der Waals surface area contributed by atoms with Crippen molar-refractivity contribution >= 4 is 27.5 Å². The minimum atomic E-state index is -3.95. The van der Waals surface area contributed by atoms with Gasteiger partial charge in [-0.3, -0.25) is 4.79 Å². The predicted octanol–water partition coefficient (Wildman–Crippen LogP) is 3.53. The number of nitrogens with zero attached hydrogens (tertiary/aromatic N) is 2. The summed E-state index contributed by atoms with van der Waals surface area (Å²) in [6.07, 6.45) is 0. The van der Waals surface area contributed by atoms with Crippen molar-refractivity contribution < 1.29 is 22.2 Å². The lowest BCUT2D eigenvalue weighted by Gasteiger charge is -2.21. The van der Waals surface area contributed by atoms with E-state index in [4.69, 9.17) is 20.5 Å². The molecule has 10 heteroatoms. The number of sulfonamides is 1. The lowest BCUT2D eigenvalue weighted by Crippen LogP contribution is -2.45. The minimum Gasteiger partial charge on any atom is -0.459 e. The fourth-order valence-corrected chi connectivity index (χ4v) is 4.73. The fraction of sp³-hybridized carbons (Fsp3) is 0.300. The van der Waals surface area contributed by atoms with Gasteiger partial charge in [0.05, 0.1) is 12.6 Å². The summed E-state index contributed by atoms with van der Waals surface area (Å²) in [6.45, 7) is 4.70. The molecule has 0 fully saturated rings. The number of benzene rings is 1. The van der Waals surface area contributed by atoms with Crippen molar-refractivity contribution in [3.63, 3.8) is 0 Å². The number of halogens is 1. The van der Waals surface area contributed by atoms with E-state index in [0.29, 0.717) is 16.5 Å². The standard InChI is InChI=1S/C20H22ClN3O5S/c1-12-19(14(3)29-22-12)30(26,27)23-13(2)20(25)24(4)11-17-9-10-18(28-17)15-5-7-16(21)8-6-15/h5-10,13,23H,11H2,1-4H3/t13-/m0/s1. The second-order valence-electron chi connectivity index (χ2n) is 6.96. The topological polar surface area (TPSA) is 106 Å². The van der Waals surface area contributed by atoms with E-state index < -0.39 is 22.0 Å². The normalized spacial score (nSPS) is 12.7. The second kappa shape index (κ2) is 8.63. The van der Waals surface area contributed by atoms with Gasteiger partial charge in [0.1, 0.15) is 22.1 Å². The Morgan fingerprint density at radius 2 is 1.87 bits per heavy atom.